The second kappa shape index (κ2) is 10.3. The van der Waals surface area contributed by atoms with E-state index in [9.17, 15) is 26.4 Å². The molecule has 0 aliphatic carbocycles. The Labute approximate surface area is 221 Å². The average molecular weight is 558 g/mol. The molecule has 1 aliphatic rings. The molecule has 0 atom stereocenters. The molecule has 0 N–H and O–H groups in total. The number of hydrogen-bond donors (Lipinski definition) is 0. The summed E-state index contributed by atoms with van der Waals surface area (Å²) in [5.41, 5.74) is -0.0787. The van der Waals surface area contributed by atoms with Gasteiger partial charge in [0.25, 0.3) is 0 Å². The number of imidazole rings is 1. The summed E-state index contributed by atoms with van der Waals surface area (Å²) in [4.78, 5) is 17.8. The minimum Gasteiger partial charge on any atom is -0.343 e. The molecule has 0 unspecified atom stereocenters. The molecule has 0 saturated carbocycles. The number of nitrogens with zero attached hydrogens (tertiary/aromatic N) is 3. The number of benzene rings is 2. The van der Waals surface area contributed by atoms with Crippen molar-refractivity contribution in [3.05, 3.63) is 53.9 Å². The summed E-state index contributed by atoms with van der Waals surface area (Å²) in [6.45, 7) is 9.77. The van der Waals surface area contributed by atoms with E-state index in [-0.39, 0.29) is 28.6 Å². The number of aromatic nitrogens is 2. The zero-order valence-corrected chi connectivity index (χ0v) is 22.8. The van der Waals surface area contributed by atoms with Gasteiger partial charge in [0.15, 0.2) is 0 Å². The van der Waals surface area contributed by atoms with Gasteiger partial charge in [-0.25, -0.2) is 13.4 Å². The number of alkyl halides is 3. The SMILES string of the molecule is CC(=O)N1CCC(Cn2c(C(C)(C)C)nc3cc(S(=O)(=O)c4cccc(C(F)(F)F)c4)ccc32)CC1.Cl. The molecule has 6 nitrogen and oxygen atoms in total. The Morgan fingerprint density at radius 1 is 1.03 bits per heavy atom. The first-order valence-electron chi connectivity index (χ1n) is 11.9. The summed E-state index contributed by atoms with van der Waals surface area (Å²) in [6, 6.07) is 8.32. The molecular weight excluding hydrogens is 527 g/mol. The second-order valence-corrected chi connectivity index (χ2v) is 12.4. The van der Waals surface area contributed by atoms with Crippen molar-refractivity contribution in [2.24, 2.45) is 5.92 Å². The van der Waals surface area contributed by atoms with Crippen molar-refractivity contribution in [1.29, 1.82) is 0 Å². The Kier molecular flexibility index (Phi) is 8.05. The molecule has 0 bridgehead atoms. The molecule has 11 heteroatoms. The molecule has 2 aromatic carbocycles. The molecule has 0 spiro atoms. The minimum atomic E-state index is -4.64. The lowest BCUT2D eigenvalue weighted by molar-refractivity contribution is -0.137. The van der Waals surface area contributed by atoms with E-state index in [1.165, 1.54) is 18.2 Å². The Morgan fingerprint density at radius 3 is 2.22 bits per heavy atom. The van der Waals surface area contributed by atoms with Crippen molar-refractivity contribution in [1.82, 2.24) is 14.5 Å². The second-order valence-electron chi connectivity index (χ2n) is 10.4. The molecule has 2 heterocycles. The van der Waals surface area contributed by atoms with E-state index in [1.807, 2.05) is 25.7 Å². The highest BCUT2D eigenvalue weighted by Crippen LogP contribution is 2.34. The largest absolute Gasteiger partial charge is 0.416 e. The highest BCUT2D eigenvalue weighted by molar-refractivity contribution is 7.91. The smallest absolute Gasteiger partial charge is 0.343 e. The Bertz CT molecular complexity index is 1400. The van der Waals surface area contributed by atoms with Crippen molar-refractivity contribution in [2.75, 3.05) is 13.1 Å². The highest BCUT2D eigenvalue weighted by Gasteiger charge is 2.32. The van der Waals surface area contributed by atoms with Gasteiger partial charge in [0.1, 0.15) is 5.82 Å². The highest BCUT2D eigenvalue weighted by atomic mass is 35.5. The predicted molar refractivity (Wildman–Crippen MR) is 138 cm³/mol. The molecule has 1 saturated heterocycles. The van der Waals surface area contributed by atoms with Crippen LogP contribution in [0.2, 0.25) is 0 Å². The van der Waals surface area contributed by atoms with Crippen LogP contribution in [-0.2, 0) is 32.8 Å². The van der Waals surface area contributed by atoms with Crippen LogP contribution in [0.15, 0.2) is 52.3 Å². The number of likely N-dealkylation sites (tertiary alicyclic amines) is 1. The van der Waals surface area contributed by atoms with Crippen LogP contribution in [0.5, 0.6) is 0 Å². The maximum absolute atomic E-state index is 13.2. The third-order valence-electron chi connectivity index (χ3n) is 6.67. The summed E-state index contributed by atoms with van der Waals surface area (Å²) >= 11 is 0. The maximum atomic E-state index is 13.2. The summed E-state index contributed by atoms with van der Waals surface area (Å²) in [5.74, 6) is 1.22. The molecule has 1 aromatic heterocycles. The molecule has 37 heavy (non-hydrogen) atoms. The number of carbonyl (C=O) groups excluding carboxylic acids is 1. The maximum Gasteiger partial charge on any atom is 0.416 e. The van der Waals surface area contributed by atoms with Gasteiger partial charge < -0.3 is 9.47 Å². The summed E-state index contributed by atoms with van der Waals surface area (Å²) < 4.78 is 68.0. The van der Waals surface area contributed by atoms with E-state index < -0.39 is 26.5 Å². The zero-order valence-electron chi connectivity index (χ0n) is 21.2. The van der Waals surface area contributed by atoms with Gasteiger partial charge in [-0.15, -0.1) is 12.4 Å². The van der Waals surface area contributed by atoms with Crippen LogP contribution in [-0.4, -0.2) is 41.9 Å². The van der Waals surface area contributed by atoms with Gasteiger partial charge in [0, 0.05) is 32.0 Å². The van der Waals surface area contributed by atoms with Crippen LogP contribution in [0, 0.1) is 5.92 Å². The van der Waals surface area contributed by atoms with Gasteiger partial charge in [-0.1, -0.05) is 26.8 Å². The summed E-state index contributed by atoms with van der Waals surface area (Å²) in [7, 11) is -4.18. The summed E-state index contributed by atoms with van der Waals surface area (Å²) in [6.07, 6.45) is -2.91. The lowest BCUT2D eigenvalue weighted by Crippen LogP contribution is -2.38. The van der Waals surface area contributed by atoms with Gasteiger partial charge in [-0.05, 0) is 55.2 Å². The first kappa shape index (κ1) is 29.0. The van der Waals surface area contributed by atoms with Crippen molar-refractivity contribution in [3.63, 3.8) is 0 Å². The monoisotopic (exact) mass is 557 g/mol. The normalized spacial score (nSPS) is 15.6. The molecule has 1 fully saturated rings. The van der Waals surface area contributed by atoms with E-state index in [0.29, 0.717) is 37.1 Å². The topological polar surface area (TPSA) is 72.3 Å². The van der Waals surface area contributed by atoms with E-state index in [4.69, 9.17) is 4.98 Å². The fraction of sp³-hybridized carbons (Fsp3) is 0.462. The number of amides is 1. The van der Waals surface area contributed by atoms with Crippen LogP contribution in [0.1, 0.15) is 51.9 Å². The van der Waals surface area contributed by atoms with Crippen LogP contribution in [0.25, 0.3) is 11.0 Å². The number of piperidine rings is 1. The number of sulfone groups is 1. The number of carbonyl (C=O) groups is 1. The molecule has 0 radical (unpaired) electrons. The molecule has 3 aromatic rings. The zero-order chi connectivity index (χ0) is 26.5. The number of fused-ring (bicyclic) bond motifs is 1. The van der Waals surface area contributed by atoms with Crippen LogP contribution >= 0.6 is 12.4 Å². The minimum absolute atomic E-state index is 0. The lowest BCUT2D eigenvalue weighted by Gasteiger charge is -2.32. The van der Waals surface area contributed by atoms with E-state index in [1.54, 1.807) is 13.0 Å². The number of halogens is 4. The third-order valence-corrected chi connectivity index (χ3v) is 8.42. The molecule has 1 amide bonds. The average Bonchev–Trinajstić information content (AvgIpc) is 3.17. The van der Waals surface area contributed by atoms with E-state index >= 15 is 0 Å². The van der Waals surface area contributed by atoms with Gasteiger partial charge in [0.2, 0.25) is 15.7 Å². The van der Waals surface area contributed by atoms with Crippen molar-refractivity contribution >= 4 is 39.2 Å². The van der Waals surface area contributed by atoms with Crippen LogP contribution in [0.4, 0.5) is 13.2 Å². The van der Waals surface area contributed by atoms with Gasteiger partial charge in [-0.3, -0.25) is 4.79 Å². The molecule has 4 rings (SSSR count). The number of rotatable bonds is 4. The van der Waals surface area contributed by atoms with E-state index in [2.05, 4.69) is 4.57 Å². The standard InChI is InChI=1S/C26H30F3N3O3S.ClH/c1-17(33)31-12-10-18(11-13-31)16-32-23-9-8-21(15-22(23)30-24(32)25(2,3)4)36(34,35)20-7-5-6-19(14-20)26(27,28)29;/h5-9,14-15,18H,10-13,16H2,1-4H3;1H. The van der Waals surface area contributed by atoms with Gasteiger partial charge >= 0.3 is 6.18 Å². The fourth-order valence-electron chi connectivity index (χ4n) is 4.70. The quantitative estimate of drug-likeness (QED) is 0.402. The fourth-order valence-corrected chi connectivity index (χ4v) is 6.02. The van der Waals surface area contributed by atoms with E-state index in [0.717, 1.165) is 36.3 Å². The molecule has 202 valence electrons. The van der Waals surface area contributed by atoms with Crippen molar-refractivity contribution in [3.8, 4) is 0 Å². The van der Waals surface area contributed by atoms with Crippen molar-refractivity contribution < 1.29 is 26.4 Å². The van der Waals surface area contributed by atoms with Gasteiger partial charge in [0.05, 0.1) is 26.4 Å². The third kappa shape index (κ3) is 5.95. The first-order valence-corrected chi connectivity index (χ1v) is 13.3. The lowest BCUT2D eigenvalue weighted by atomic mass is 9.93. The van der Waals surface area contributed by atoms with Crippen LogP contribution < -0.4 is 0 Å². The predicted octanol–water partition coefficient (Wildman–Crippen LogP) is 5.87. The number of hydrogen-bond acceptors (Lipinski definition) is 4. The first-order chi connectivity index (χ1) is 16.7. The molecular formula is C26H31ClF3N3O3S. The summed E-state index contributed by atoms with van der Waals surface area (Å²) in [5, 5.41) is 0. The molecule has 1 aliphatic heterocycles. The Hall–Kier alpha value is -2.59. The Morgan fingerprint density at radius 2 is 1.65 bits per heavy atom. The Balaban J connectivity index is 0.00000380. The van der Waals surface area contributed by atoms with Crippen LogP contribution in [0.3, 0.4) is 0 Å². The van der Waals surface area contributed by atoms with Gasteiger partial charge in [-0.2, -0.15) is 13.2 Å². The van der Waals surface area contributed by atoms with Crippen molar-refractivity contribution in [2.45, 2.75) is 68.5 Å².